The Morgan fingerprint density at radius 1 is 1.08 bits per heavy atom. The van der Waals surface area contributed by atoms with Gasteiger partial charge in [-0.3, -0.25) is 4.79 Å². The molecule has 67 valence electrons. The maximum absolute atomic E-state index is 10.1. The van der Waals surface area contributed by atoms with E-state index in [4.69, 9.17) is 5.11 Å². The van der Waals surface area contributed by atoms with Crippen LogP contribution in [0.5, 0.6) is 0 Å². The number of carboxylic acid groups (broad SMARTS) is 1. The van der Waals surface area contributed by atoms with Gasteiger partial charge in [-0.15, -0.1) is 0 Å². The molecular weight excluding hydrogens is 163 g/mol. The van der Waals surface area contributed by atoms with Gasteiger partial charge in [0.25, 0.3) is 0 Å². The Kier molecular flexibility index (Phi) is 14.3. The van der Waals surface area contributed by atoms with Crippen molar-refractivity contribution in [3.05, 3.63) is 0 Å². The van der Waals surface area contributed by atoms with Crippen molar-refractivity contribution in [2.75, 3.05) is 0 Å². The van der Waals surface area contributed by atoms with E-state index in [1.807, 2.05) is 0 Å². The molecule has 0 unspecified atom stereocenters. The first kappa shape index (κ1) is 15.0. The Morgan fingerprint density at radius 2 is 1.58 bits per heavy atom. The third-order valence-corrected chi connectivity index (χ3v) is 1.74. The second-order valence-corrected chi connectivity index (χ2v) is 2.91. The molecule has 1 N–H and O–H groups in total. The van der Waals surface area contributed by atoms with Crippen molar-refractivity contribution in [2.45, 2.75) is 51.9 Å². The molecule has 0 fully saturated rings. The van der Waals surface area contributed by atoms with Crippen molar-refractivity contribution in [1.29, 1.82) is 0 Å². The van der Waals surface area contributed by atoms with E-state index in [-0.39, 0.29) is 29.6 Å². The summed E-state index contributed by atoms with van der Waals surface area (Å²) in [6.45, 7) is 2.18. The van der Waals surface area contributed by atoms with E-state index in [0.717, 1.165) is 12.8 Å². The van der Waals surface area contributed by atoms with Crippen LogP contribution in [-0.4, -0.2) is 40.6 Å². The second-order valence-electron chi connectivity index (χ2n) is 2.91. The number of carbonyl (C=O) groups is 1. The Balaban J connectivity index is 0. The summed E-state index contributed by atoms with van der Waals surface area (Å²) in [5, 5.41) is 8.32. The minimum atomic E-state index is -0.666. The van der Waals surface area contributed by atoms with Crippen LogP contribution in [0.3, 0.4) is 0 Å². The van der Waals surface area contributed by atoms with Crippen molar-refractivity contribution < 1.29 is 9.90 Å². The van der Waals surface area contributed by atoms with Gasteiger partial charge < -0.3 is 5.11 Å². The third kappa shape index (κ3) is 13.1. The van der Waals surface area contributed by atoms with E-state index in [1.165, 1.54) is 25.7 Å². The van der Waals surface area contributed by atoms with Crippen LogP contribution in [0.25, 0.3) is 0 Å². The van der Waals surface area contributed by atoms with E-state index in [0.29, 0.717) is 6.42 Å². The maximum atomic E-state index is 10.1. The van der Waals surface area contributed by atoms with Gasteiger partial charge in [0.15, 0.2) is 0 Å². The molecule has 0 amide bonds. The second kappa shape index (κ2) is 11.5. The van der Waals surface area contributed by atoms with Crippen LogP contribution in [0.15, 0.2) is 0 Å². The van der Waals surface area contributed by atoms with Gasteiger partial charge in [-0.2, -0.15) is 0 Å². The molecule has 12 heavy (non-hydrogen) atoms. The molecule has 0 aromatic carbocycles. The molecular formula is C9H18NaO2. The average Bonchev–Trinajstić information content (AvgIpc) is 1.96. The maximum Gasteiger partial charge on any atom is 0.303 e. The number of aliphatic carboxylic acids is 1. The summed E-state index contributed by atoms with van der Waals surface area (Å²) in [7, 11) is 0. The minimum Gasteiger partial charge on any atom is -0.481 e. The Morgan fingerprint density at radius 3 is 2.08 bits per heavy atom. The average molecular weight is 181 g/mol. The summed E-state index contributed by atoms with van der Waals surface area (Å²) in [6.07, 6.45) is 7.25. The largest absolute Gasteiger partial charge is 0.481 e. The van der Waals surface area contributed by atoms with Gasteiger partial charge in [-0.25, -0.2) is 0 Å². The molecule has 0 saturated carbocycles. The van der Waals surface area contributed by atoms with Crippen LogP contribution in [0, 0.1) is 0 Å². The molecule has 0 aromatic rings. The fraction of sp³-hybridized carbons (Fsp3) is 0.889. The zero-order valence-corrected chi connectivity index (χ0v) is 10.3. The van der Waals surface area contributed by atoms with Gasteiger partial charge in [0.2, 0.25) is 0 Å². The fourth-order valence-electron chi connectivity index (χ4n) is 1.06. The molecule has 0 rings (SSSR count). The predicted octanol–water partition coefficient (Wildman–Crippen LogP) is 2.44. The van der Waals surface area contributed by atoms with Crippen LogP contribution in [0.4, 0.5) is 0 Å². The summed E-state index contributed by atoms with van der Waals surface area (Å²) < 4.78 is 0. The molecule has 3 heteroatoms. The first-order valence-electron chi connectivity index (χ1n) is 4.49. The fourth-order valence-corrected chi connectivity index (χ4v) is 1.06. The van der Waals surface area contributed by atoms with Crippen molar-refractivity contribution in [3.8, 4) is 0 Å². The predicted molar refractivity (Wildman–Crippen MR) is 51.4 cm³/mol. The van der Waals surface area contributed by atoms with Crippen LogP contribution in [0.1, 0.15) is 51.9 Å². The molecule has 0 aliphatic heterocycles. The zero-order valence-electron chi connectivity index (χ0n) is 8.31. The molecule has 0 spiro atoms. The molecule has 0 aliphatic carbocycles. The molecule has 0 bridgehead atoms. The van der Waals surface area contributed by atoms with E-state index < -0.39 is 5.97 Å². The third-order valence-electron chi connectivity index (χ3n) is 1.74. The zero-order chi connectivity index (χ0) is 8.53. The van der Waals surface area contributed by atoms with Crippen molar-refractivity contribution in [1.82, 2.24) is 0 Å². The quantitative estimate of drug-likeness (QED) is 0.484. The van der Waals surface area contributed by atoms with Gasteiger partial charge in [0.05, 0.1) is 0 Å². The van der Waals surface area contributed by atoms with Crippen LogP contribution in [0.2, 0.25) is 0 Å². The number of rotatable bonds is 7. The molecule has 0 heterocycles. The van der Waals surface area contributed by atoms with Gasteiger partial charge in [0, 0.05) is 36.0 Å². The summed E-state index contributed by atoms with van der Waals surface area (Å²) in [6, 6.07) is 0. The molecule has 0 aromatic heterocycles. The number of unbranched alkanes of at least 4 members (excludes halogenated alkanes) is 5. The van der Waals surface area contributed by atoms with Crippen LogP contribution < -0.4 is 0 Å². The smallest absolute Gasteiger partial charge is 0.303 e. The van der Waals surface area contributed by atoms with Crippen molar-refractivity contribution in [3.63, 3.8) is 0 Å². The first-order chi connectivity index (χ1) is 5.27. The summed E-state index contributed by atoms with van der Waals surface area (Å²) in [5.74, 6) is -0.666. The summed E-state index contributed by atoms with van der Waals surface area (Å²) >= 11 is 0. The monoisotopic (exact) mass is 181 g/mol. The minimum absolute atomic E-state index is 0. The van der Waals surface area contributed by atoms with Crippen LogP contribution in [-0.2, 0) is 4.79 Å². The molecule has 1 radical (unpaired) electrons. The molecule has 0 atom stereocenters. The van der Waals surface area contributed by atoms with Crippen molar-refractivity contribution in [2.24, 2.45) is 0 Å². The summed E-state index contributed by atoms with van der Waals surface area (Å²) in [5.41, 5.74) is 0. The Labute approximate surface area is 97.0 Å². The van der Waals surface area contributed by atoms with Gasteiger partial charge in [0.1, 0.15) is 0 Å². The summed E-state index contributed by atoms with van der Waals surface area (Å²) in [4.78, 5) is 10.1. The van der Waals surface area contributed by atoms with E-state index in [9.17, 15) is 4.79 Å². The van der Waals surface area contributed by atoms with Gasteiger partial charge >= 0.3 is 5.97 Å². The number of carboxylic acids is 1. The normalized spacial score (nSPS) is 9.08. The standard InChI is InChI=1S/C9H18O2.Na/c1-2-3-4-5-6-7-8-9(10)11;/h2-8H2,1H3,(H,10,11);. The van der Waals surface area contributed by atoms with Gasteiger partial charge in [-0.1, -0.05) is 39.0 Å². The number of hydrogen-bond donors (Lipinski definition) is 1. The number of hydrogen-bond acceptors (Lipinski definition) is 1. The van der Waals surface area contributed by atoms with E-state index >= 15 is 0 Å². The first-order valence-corrected chi connectivity index (χ1v) is 4.49. The topological polar surface area (TPSA) is 37.3 Å². The SMILES string of the molecule is CCCCCCCCC(=O)O.[Na]. The van der Waals surface area contributed by atoms with Crippen molar-refractivity contribution >= 4 is 35.5 Å². The Hall–Kier alpha value is 0.470. The van der Waals surface area contributed by atoms with E-state index in [1.54, 1.807) is 0 Å². The molecule has 2 nitrogen and oxygen atoms in total. The molecule has 0 aliphatic rings. The Bertz CT molecular complexity index is 105. The van der Waals surface area contributed by atoms with Crippen LogP contribution >= 0.6 is 0 Å². The molecule has 0 saturated heterocycles. The van der Waals surface area contributed by atoms with E-state index in [2.05, 4.69) is 6.92 Å². The van der Waals surface area contributed by atoms with Gasteiger partial charge in [-0.05, 0) is 6.42 Å².